The summed E-state index contributed by atoms with van der Waals surface area (Å²) in [5.41, 5.74) is 6.42. The molecule has 0 saturated carbocycles. The molecule has 3 aromatic carbocycles. The highest BCUT2D eigenvalue weighted by Gasteiger charge is 2.21. The zero-order chi connectivity index (χ0) is 17.6. The predicted molar refractivity (Wildman–Crippen MR) is 110 cm³/mol. The van der Waals surface area contributed by atoms with Crippen molar-refractivity contribution in [3.05, 3.63) is 108 Å². The molecule has 1 N–H and O–H groups in total. The molecule has 0 amide bonds. The normalized spacial score (nSPS) is 14.1. The lowest BCUT2D eigenvalue weighted by atomic mass is 9.92. The van der Waals surface area contributed by atoms with Gasteiger partial charge in [-0.1, -0.05) is 91.0 Å². The fourth-order valence-electron chi connectivity index (χ4n) is 3.62. The van der Waals surface area contributed by atoms with Crippen molar-refractivity contribution in [2.75, 3.05) is 26.2 Å². The molecule has 1 aliphatic rings. The Morgan fingerprint density at radius 3 is 1.46 bits per heavy atom. The SMILES string of the molecule is c1ccc(C(=C(c2ccccc2)N2CCNCC2)c2ccccc2)cc1. The Kier molecular flexibility index (Phi) is 5.13. The molecule has 1 fully saturated rings. The fraction of sp³-hybridized carbons (Fsp3) is 0.167. The molecule has 1 aliphatic heterocycles. The minimum Gasteiger partial charge on any atom is -0.368 e. The van der Waals surface area contributed by atoms with Crippen LogP contribution in [0, 0.1) is 0 Å². The molecule has 3 aromatic rings. The van der Waals surface area contributed by atoms with Gasteiger partial charge in [0.1, 0.15) is 0 Å². The van der Waals surface area contributed by atoms with Crippen molar-refractivity contribution in [1.82, 2.24) is 10.2 Å². The molecule has 0 aromatic heterocycles. The van der Waals surface area contributed by atoms with E-state index in [-0.39, 0.29) is 0 Å². The maximum absolute atomic E-state index is 3.48. The van der Waals surface area contributed by atoms with Crippen LogP contribution in [-0.4, -0.2) is 31.1 Å². The van der Waals surface area contributed by atoms with Crippen molar-refractivity contribution >= 4 is 11.3 Å². The Morgan fingerprint density at radius 1 is 0.577 bits per heavy atom. The van der Waals surface area contributed by atoms with E-state index in [9.17, 15) is 0 Å². The first-order valence-electron chi connectivity index (χ1n) is 9.30. The van der Waals surface area contributed by atoms with Crippen LogP contribution in [0.4, 0.5) is 0 Å². The second-order valence-electron chi connectivity index (χ2n) is 6.56. The van der Waals surface area contributed by atoms with Gasteiger partial charge in [0.15, 0.2) is 0 Å². The molecule has 2 heteroatoms. The number of piperazine rings is 1. The van der Waals surface area contributed by atoms with Crippen molar-refractivity contribution < 1.29 is 0 Å². The lowest BCUT2D eigenvalue weighted by Gasteiger charge is -2.34. The van der Waals surface area contributed by atoms with Crippen LogP contribution in [0.5, 0.6) is 0 Å². The molecule has 2 nitrogen and oxygen atoms in total. The van der Waals surface area contributed by atoms with Crippen molar-refractivity contribution in [2.45, 2.75) is 0 Å². The number of hydrogen-bond donors (Lipinski definition) is 1. The second-order valence-corrected chi connectivity index (χ2v) is 6.56. The van der Waals surface area contributed by atoms with E-state index in [1.165, 1.54) is 28.0 Å². The van der Waals surface area contributed by atoms with Gasteiger partial charge in [-0.3, -0.25) is 0 Å². The first-order chi connectivity index (χ1) is 12.9. The summed E-state index contributed by atoms with van der Waals surface area (Å²) in [4.78, 5) is 2.53. The Labute approximate surface area is 155 Å². The van der Waals surface area contributed by atoms with Crippen molar-refractivity contribution in [2.24, 2.45) is 0 Å². The summed E-state index contributed by atoms with van der Waals surface area (Å²) < 4.78 is 0. The third-order valence-electron chi connectivity index (χ3n) is 4.84. The van der Waals surface area contributed by atoms with Crippen LogP contribution < -0.4 is 5.32 Å². The van der Waals surface area contributed by atoms with Crippen LogP contribution >= 0.6 is 0 Å². The first kappa shape index (κ1) is 16.6. The standard InChI is InChI=1S/C24H24N2/c1-4-10-20(11-5-1)23(21-12-6-2-7-13-21)24(22-14-8-3-9-15-22)26-18-16-25-17-19-26/h1-15,25H,16-19H2. The minimum atomic E-state index is 1.02. The largest absolute Gasteiger partial charge is 0.368 e. The zero-order valence-electron chi connectivity index (χ0n) is 14.9. The summed E-state index contributed by atoms with van der Waals surface area (Å²) in [5.74, 6) is 0. The number of nitrogens with zero attached hydrogens (tertiary/aromatic N) is 1. The van der Waals surface area contributed by atoms with Gasteiger partial charge in [-0.05, 0) is 16.7 Å². The zero-order valence-corrected chi connectivity index (χ0v) is 14.9. The van der Waals surface area contributed by atoms with Gasteiger partial charge < -0.3 is 10.2 Å². The predicted octanol–water partition coefficient (Wildman–Crippen LogP) is 4.51. The van der Waals surface area contributed by atoms with Gasteiger partial charge in [0.25, 0.3) is 0 Å². The van der Waals surface area contributed by atoms with E-state index in [1.807, 2.05) is 0 Å². The monoisotopic (exact) mass is 340 g/mol. The molecule has 26 heavy (non-hydrogen) atoms. The summed E-state index contributed by atoms with van der Waals surface area (Å²) >= 11 is 0. The van der Waals surface area contributed by atoms with Crippen LogP contribution in [0.25, 0.3) is 11.3 Å². The molecule has 0 aliphatic carbocycles. The maximum atomic E-state index is 3.48. The second kappa shape index (κ2) is 8.03. The molecule has 1 saturated heterocycles. The topological polar surface area (TPSA) is 15.3 Å². The molecule has 1 heterocycles. The molecule has 0 atom stereocenters. The van der Waals surface area contributed by atoms with Gasteiger partial charge in [0, 0.05) is 31.8 Å². The third kappa shape index (κ3) is 3.56. The fourth-order valence-corrected chi connectivity index (χ4v) is 3.62. The third-order valence-corrected chi connectivity index (χ3v) is 4.84. The smallest absolute Gasteiger partial charge is 0.0526 e. The Balaban J connectivity index is 1.98. The summed E-state index contributed by atoms with van der Waals surface area (Å²) in [5, 5.41) is 3.48. The van der Waals surface area contributed by atoms with Crippen molar-refractivity contribution in [3.8, 4) is 0 Å². The molecule has 0 spiro atoms. The average Bonchev–Trinajstić information content (AvgIpc) is 2.74. The Hall–Kier alpha value is -2.84. The van der Waals surface area contributed by atoms with Crippen LogP contribution in [0.2, 0.25) is 0 Å². The van der Waals surface area contributed by atoms with Gasteiger partial charge in [-0.15, -0.1) is 0 Å². The first-order valence-corrected chi connectivity index (χ1v) is 9.30. The lowest BCUT2D eigenvalue weighted by molar-refractivity contribution is 0.341. The van der Waals surface area contributed by atoms with Crippen LogP contribution in [0.15, 0.2) is 91.0 Å². The molecule has 0 unspecified atom stereocenters. The quantitative estimate of drug-likeness (QED) is 0.703. The van der Waals surface area contributed by atoms with Gasteiger partial charge in [0.05, 0.1) is 5.70 Å². The van der Waals surface area contributed by atoms with E-state index >= 15 is 0 Å². The minimum absolute atomic E-state index is 1.02. The van der Waals surface area contributed by atoms with Gasteiger partial charge in [-0.25, -0.2) is 0 Å². The van der Waals surface area contributed by atoms with Crippen molar-refractivity contribution in [3.63, 3.8) is 0 Å². The Bertz CT molecular complexity index is 807. The Morgan fingerprint density at radius 2 is 1.00 bits per heavy atom. The average molecular weight is 340 g/mol. The molecule has 0 bridgehead atoms. The van der Waals surface area contributed by atoms with Gasteiger partial charge >= 0.3 is 0 Å². The van der Waals surface area contributed by atoms with E-state index in [1.54, 1.807) is 0 Å². The van der Waals surface area contributed by atoms with Gasteiger partial charge in [0.2, 0.25) is 0 Å². The molecule has 0 radical (unpaired) electrons. The molecule has 130 valence electrons. The van der Waals surface area contributed by atoms with E-state index in [2.05, 4.69) is 101 Å². The van der Waals surface area contributed by atoms with Gasteiger partial charge in [-0.2, -0.15) is 0 Å². The maximum Gasteiger partial charge on any atom is 0.0526 e. The van der Waals surface area contributed by atoms with E-state index < -0.39 is 0 Å². The van der Waals surface area contributed by atoms with E-state index in [0.29, 0.717) is 0 Å². The highest BCUT2D eigenvalue weighted by atomic mass is 15.2. The molecular formula is C24H24N2. The van der Waals surface area contributed by atoms with Crippen LogP contribution in [0.3, 0.4) is 0 Å². The van der Waals surface area contributed by atoms with E-state index in [4.69, 9.17) is 0 Å². The number of benzene rings is 3. The molecular weight excluding hydrogens is 316 g/mol. The highest BCUT2D eigenvalue weighted by molar-refractivity contribution is 5.97. The summed E-state index contributed by atoms with van der Waals surface area (Å²) in [7, 11) is 0. The number of hydrogen-bond acceptors (Lipinski definition) is 2. The lowest BCUT2D eigenvalue weighted by Crippen LogP contribution is -2.42. The summed E-state index contributed by atoms with van der Waals surface area (Å²) in [6.07, 6.45) is 0. The highest BCUT2D eigenvalue weighted by Crippen LogP contribution is 2.34. The van der Waals surface area contributed by atoms with Crippen LogP contribution in [0.1, 0.15) is 16.7 Å². The van der Waals surface area contributed by atoms with Crippen molar-refractivity contribution in [1.29, 1.82) is 0 Å². The van der Waals surface area contributed by atoms with Crippen LogP contribution in [-0.2, 0) is 0 Å². The summed E-state index contributed by atoms with van der Waals surface area (Å²) in [6.45, 7) is 4.08. The number of rotatable bonds is 4. The number of nitrogens with one attached hydrogen (secondary N) is 1. The van der Waals surface area contributed by atoms with E-state index in [0.717, 1.165) is 26.2 Å². The molecule has 4 rings (SSSR count). The summed E-state index contributed by atoms with van der Waals surface area (Å²) in [6, 6.07) is 32.3.